The van der Waals surface area contributed by atoms with E-state index in [2.05, 4.69) is 25.6 Å². The van der Waals surface area contributed by atoms with Gasteiger partial charge in [-0.2, -0.15) is 4.72 Å². The highest BCUT2D eigenvalue weighted by atomic mass is 79.9. The minimum atomic E-state index is -4.04. The number of rotatable bonds is 7. The third kappa shape index (κ3) is 5.30. The Morgan fingerprint density at radius 1 is 1.00 bits per heavy atom. The molecule has 0 saturated heterocycles. The Kier molecular flexibility index (Phi) is 6.60. The van der Waals surface area contributed by atoms with Crippen LogP contribution in [0.5, 0.6) is 0 Å². The number of hydrogen-bond donors (Lipinski definition) is 2. The fourth-order valence-corrected chi connectivity index (χ4v) is 5.45. The normalized spacial score (nSPS) is 12.5. The number of fused-ring (bicyclic) bond motifs is 1. The Bertz CT molecular complexity index is 1500. The van der Waals surface area contributed by atoms with Crippen molar-refractivity contribution in [2.24, 2.45) is 0 Å². The van der Waals surface area contributed by atoms with Gasteiger partial charge in [0.25, 0.3) is 0 Å². The van der Waals surface area contributed by atoms with E-state index in [-0.39, 0.29) is 22.7 Å². The number of nitrogens with one attached hydrogen (secondary N) is 2. The van der Waals surface area contributed by atoms with E-state index < -0.39 is 16.1 Å². The van der Waals surface area contributed by atoms with Crippen molar-refractivity contribution in [3.63, 3.8) is 0 Å². The molecule has 0 fully saturated rings. The summed E-state index contributed by atoms with van der Waals surface area (Å²) in [6, 6.07) is 20.7. The van der Waals surface area contributed by atoms with Crippen LogP contribution < -0.4 is 10.3 Å². The average Bonchev–Trinajstić information content (AvgIpc) is 2.79. The molecule has 0 spiro atoms. The van der Waals surface area contributed by atoms with Crippen LogP contribution in [-0.2, 0) is 21.2 Å². The molecule has 0 radical (unpaired) electrons. The van der Waals surface area contributed by atoms with Crippen LogP contribution in [0, 0.1) is 6.92 Å². The van der Waals surface area contributed by atoms with Gasteiger partial charge in [-0.15, -0.1) is 0 Å². The van der Waals surface area contributed by atoms with Gasteiger partial charge in [0.2, 0.25) is 15.6 Å². The molecule has 4 aromatic rings. The lowest BCUT2D eigenvalue weighted by molar-refractivity contribution is -0.120. The topological polar surface area (TPSA) is 96.1 Å². The number of hydrogen-bond acceptors (Lipinski definition) is 4. The summed E-state index contributed by atoms with van der Waals surface area (Å²) in [5.41, 5.74) is 2.64. The summed E-state index contributed by atoms with van der Waals surface area (Å²) < 4.78 is 29.9. The summed E-state index contributed by atoms with van der Waals surface area (Å²) >= 11 is 3.49. The van der Waals surface area contributed by atoms with Crippen molar-refractivity contribution >= 4 is 42.6 Å². The highest BCUT2D eigenvalue weighted by molar-refractivity contribution is 9.10. The van der Waals surface area contributed by atoms with Gasteiger partial charge in [-0.05, 0) is 59.3 Å². The van der Waals surface area contributed by atoms with Gasteiger partial charge in [-0.25, -0.2) is 8.42 Å². The first-order chi connectivity index (χ1) is 15.7. The van der Waals surface area contributed by atoms with Gasteiger partial charge in [0.1, 0.15) is 6.04 Å². The molecule has 1 atom stereocenters. The Morgan fingerprint density at radius 3 is 2.48 bits per heavy atom. The third-order valence-electron chi connectivity index (χ3n) is 5.31. The van der Waals surface area contributed by atoms with Gasteiger partial charge in [0, 0.05) is 22.5 Å². The molecular formula is C25H21BrN2O4S. The number of carbonyl (C=O) groups is 1. The number of aromatic nitrogens is 1. The maximum atomic E-state index is 13.3. The minimum Gasteiger partial charge on any atom is -0.322 e. The number of pyridine rings is 1. The predicted molar refractivity (Wildman–Crippen MR) is 132 cm³/mol. The van der Waals surface area contributed by atoms with E-state index in [9.17, 15) is 18.0 Å². The smallest absolute Gasteiger partial charge is 0.248 e. The lowest BCUT2D eigenvalue weighted by Crippen LogP contribution is -2.34. The maximum absolute atomic E-state index is 13.3. The van der Waals surface area contributed by atoms with Gasteiger partial charge in [-0.1, -0.05) is 58.4 Å². The Balaban J connectivity index is 1.68. The van der Waals surface area contributed by atoms with Crippen LogP contribution >= 0.6 is 15.9 Å². The number of sulfonamides is 1. The van der Waals surface area contributed by atoms with Crippen molar-refractivity contribution in [3.8, 4) is 0 Å². The lowest BCUT2D eigenvalue weighted by Gasteiger charge is -2.19. The zero-order chi connectivity index (χ0) is 23.6. The molecule has 0 aliphatic heterocycles. The van der Waals surface area contributed by atoms with Crippen LogP contribution in [0.2, 0.25) is 0 Å². The number of benzene rings is 3. The Hall–Kier alpha value is -3.07. The first-order valence-corrected chi connectivity index (χ1v) is 12.5. The predicted octanol–water partition coefficient (Wildman–Crippen LogP) is 4.43. The van der Waals surface area contributed by atoms with Crippen molar-refractivity contribution < 1.29 is 13.2 Å². The van der Waals surface area contributed by atoms with E-state index in [4.69, 9.17) is 0 Å². The fraction of sp³-hybridized carbons (Fsp3) is 0.120. The molecule has 168 valence electrons. The van der Waals surface area contributed by atoms with Gasteiger partial charge in [0.15, 0.2) is 5.78 Å². The number of carbonyl (C=O) groups excluding carboxylic acids is 1. The molecule has 33 heavy (non-hydrogen) atoms. The number of halogens is 1. The molecule has 1 heterocycles. The molecule has 4 rings (SSSR count). The molecule has 0 saturated carbocycles. The molecular weight excluding hydrogens is 504 g/mol. The zero-order valence-electron chi connectivity index (χ0n) is 17.7. The van der Waals surface area contributed by atoms with E-state index in [1.165, 1.54) is 24.3 Å². The molecule has 1 aromatic heterocycles. The highest BCUT2D eigenvalue weighted by Crippen LogP contribution is 2.25. The van der Waals surface area contributed by atoms with Crippen molar-refractivity contribution in [1.29, 1.82) is 0 Å². The minimum absolute atomic E-state index is 0.00676. The largest absolute Gasteiger partial charge is 0.322 e. The van der Waals surface area contributed by atoms with Crippen LogP contribution in [-0.4, -0.2) is 19.2 Å². The second kappa shape index (κ2) is 9.43. The molecule has 0 bridgehead atoms. The molecule has 3 aromatic carbocycles. The maximum Gasteiger partial charge on any atom is 0.248 e. The number of ketones is 1. The fourth-order valence-electron chi connectivity index (χ4n) is 3.57. The summed E-state index contributed by atoms with van der Waals surface area (Å²) in [6.45, 7) is 1.95. The summed E-state index contributed by atoms with van der Waals surface area (Å²) in [4.78, 5) is 27.5. The Morgan fingerprint density at radius 2 is 1.76 bits per heavy atom. The van der Waals surface area contributed by atoms with E-state index in [1.807, 2.05) is 25.1 Å². The van der Waals surface area contributed by atoms with Crippen molar-refractivity contribution in [1.82, 2.24) is 9.71 Å². The number of Topliss-reactive ketones (excluding diaryl/α,β-unsaturated/α-hetero) is 1. The first kappa shape index (κ1) is 23.1. The molecule has 0 aliphatic rings. The van der Waals surface area contributed by atoms with Crippen LogP contribution in [0.3, 0.4) is 0 Å². The SMILES string of the molecule is Cc1ccc(CC(=O)C(NS(=O)(=O)c2ccc3[nH]c(=O)ccc3c2)c2ccccc2)c(Br)c1. The highest BCUT2D eigenvalue weighted by Gasteiger charge is 2.27. The Labute approximate surface area is 199 Å². The van der Waals surface area contributed by atoms with Crippen LogP contribution in [0.25, 0.3) is 10.9 Å². The van der Waals surface area contributed by atoms with E-state index in [1.54, 1.807) is 36.4 Å². The average molecular weight is 525 g/mol. The quantitative estimate of drug-likeness (QED) is 0.373. The van der Waals surface area contributed by atoms with Crippen LogP contribution in [0.1, 0.15) is 22.7 Å². The van der Waals surface area contributed by atoms with Gasteiger partial charge < -0.3 is 4.98 Å². The second-order valence-electron chi connectivity index (χ2n) is 7.77. The summed E-state index contributed by atoms with van der Waals surface area (Å²) in [7, 11) is -4.04. The van der Waals surface area contributed by atoms with E-state index in [0.717, 1.165) is 15.6 Å². The molecule has 8 heteroatoms. The summed E-state index contributed by atoms with van der Waals surface area (Å²) in [6.07, 6.45) is 0.0574. The standard InChI is InChI=1S/C25H21BrN2O4S/c1-16-7-8-18(21(26)13-16)15-23(29)25(17-5-3-2-4-6-17)28-33(31,32)20-10-11-22-19(14-20)9-12-24(30)27-22/h2-14,25,28H,15H2,1H3,(H,27,30). The number of H-pyrrole nitrogens is 1. The van der Waals surface area contributed by atoms with Crippen molar-refractivity contribution in [3.05, 3.63) is 110 Å². The third-order valence-corrected chi connectivity index (χ3v) is 7.47. The summed E-state index contributed by atoms with van der Waals surface area (Å²) in [5.74, 6) is -0.278. The molecule has 0 aliphatic carbocycles. The van der Waals surface area contributed by atoms with Gasteiger partial charge in [0.05, 0.1) is 4.90 Å². The molecule has 1 unspecified atom stereocenters. The molecule has 2 N–H and O–H groups in total. The monoisotopic (exact) mass is 524 g/mol. The van der Waals surface area contributed by atoms with Gasteiger partial charge in [-0.3, -0.25) is 9.59 Å². The lowest BCUT2D eigenvalue weighted by atomic mass is 9.98. The second-order valence-corrected chi connectivity index (χ2v) is 10.3. The van der Waals surface area contributed by atoms with E-state index in [0.29, 0.717) is 16.5 Å². The number of aromatic amines is 1. The van der Waals surface area contributed by atoms with Crippen molar-refractivity contribution in [2.45, 2.75) is 24.3 Å². The van der Waals surface area contributed by atoms with E-state index >= 15 is 0 Å². The van der Waals surface area contributed by atoms with Crippen LogP contribution in [0.15, 0.2) is 93.0 Å². The van der Waals surface area contributed by atoms with Crippen molar-refractivity contribution in [2.75, 3.05) is 0 Å². The van der Waals surface area contributed by atoms with Gasteiger partial charge >= 0.3 is 0 Å². The first-order valence-electron chi connectivity index (χ1n) is 10.2. The van der Waals surface area contributed by atoms with Crippen LogP contribution in [0.4, 0.5) is 0 Å². The molecule has 6 nitrogen and oxygen atoms in total. The molecule has 0 amide bonds. The number of aryl methyl sites for hydroxylation is 1. The summed E-state index contributed by atoms with van der Waals surface area (Å²) in [5, 5.41) is 0.573. The zero-order valence-corrected chi connectivity index (χ0v) is 20.1.